The van der Waals surface area contributed by atoms with Crippen molar-refractivity contribution in [1.82, 2.24) is 30.0 Å². The minimum atomic E-state index is -0.180. The van der Waals surface area contributed by atoms with Crippen LogP contribution in [-0.2, 0) is 4.79 Å². The summed E-state index contributed by atoms with van der Waals surface area (Å²) in [6.07, 6.45) is 8.02. The number of anilines is 1. The molecule has 1 saturated carbocycles. The highest BCUT2D eigenvalue weighted by atomic mass is 35.5. The van der Waals surface area contributed by atoms with Gasteiger partial charge in [0, 0.05) is 43.0 Å². The van der Waals surface area contributed by atoms with Crippen LogP contribution in [0, 0.1) is 5.92 Å². The van der Waals surface area contributed by atoms with Gasteiger partial charge in [0.25, 0.3) is 0 Å². The van der Waals surface area contributed by atoms with Crippen molar-refractivity contribution in [2.75, 3.05) is 12.4 Å². The molecule has 0 atom stereocenters. The molecule has 3 heterocycles. The summed E-state index contributed by atoms with van der Waals surface area (Å²) in [4.78, 5) is 34.2. The number of halogens is 1. The van der Waals surface area contributed by atoms with Crippen molar-refractivity contribution < 1.29 is 4.79 Å². The van der Waals surface area contributed by atoms with Crippen molar-refractivity contribution in [2.45, 2.75) is 18.9 Å². The van der Waals surface area contributed by atoms with E-state index in [-0.39, 0.29) is 23.4 Å². The van der Waals surface area contributed by atoms with Crippen molar-refractivity contribution in [2.24, 2.45) is 5.92 Å². The Balaban J connectivity index is 1.51. The van der Waals surface area contributed by atoms with Gasteiger partial charge in [0.05, 0.1) is 28.8 Å². The molecule has 3 N–H and O–H groups in total. The van der Waals surface area contributed by atoms with Crippen LogP contribution in [0.25, 0.3) is 16.9 Å². The Hall–Kier alpha value is -3.20. The lowest BCUT2D eigenvalue weighted by Gasteiger charge is -2.34. The Labute approximate surface area is 165 Å². The summed E-state index contributed by atoms with van der Waals surface area (Å²) >= 11 is 6.28. The van der Waals surface area contributed by atoms with E-state index in [4.69, 9.17) is 11.6 Å². The van der Waals surface area contributed by atoms with Crippen molar-refractivity contribution in [3.8, 4) is 16.9 Å². The van der Waals surface area contributed by atoms with Crippen LogP contribution >= 0.6 is 11.6 Å². The molecule has 0 aromatic carbocycles. The minimum Gasteiger partial charge on any atom is -0.359 e. The third-order valence-electron chi connectivity index (χ3n) is 4.72. The lowest BCUT2D eigenvalue weighted by molar-refractivity contribution is -0.127. The average Bonchev–Trinajstić information content (AvgIpc) is 3.15. The van der Waals surface area contributed by atoms with Crippen molar-refractivity contribution in [3.63, 3.8) is 0 Å². The second-order valence-corrected chi connectivity index (χ2v) is 7.01. The van der Waals surface area contributed by atoms with Gasteiger partial charge in [0.15, 0.2) is 0 Å². The number of nitrogens with zero attached hydrogens (tertiary/aromatic N) is 4. The zero-order valence-corrected chi connectivity index (χ0v) is 15.8. The van der Waals surface area contributed by atoms with E-state index in [9.17, 15) is 9.59 Å². The molecule has 28 heavy (non-hydrogen) atoms. The van der Waals surface area contributed by atoms with Gasteiger partial charge < -0.3 is 15.6 Å². The Morgan fingerprint density at radius 2 is 2.14 bits per heavy atom. The number of pyridine rings is 1. The summed E-state index contributed by atoms with van der Waals surface area (Å²) in [6.45, 7) is 0. The van der Waals surface area contributed by atoms with Gasteiger partial charge >= 0.3 is 0 Å². The molecule has 3 aromatic heterocycles. The van der Waals surface area contributed by atoms with E-state index in [2.05, 4.69) is 30.7 Å². The Kier molecular flexibility index (Phi) is 4.82. The van der Waals surface area contributed by atoms with Gasteiger partial charge in [-0.25, -0.2) is 14.6 Å². The maximum absolute atomic E-state index is 11.6. The van der Waals surface area contributed by atoms with Crippen LogP contribution in [0.15, 0.2) is 41.7 Å². The first-order chi connectivity index (χ1) is 13.5. The molecule has 0 unspecified atom stereocenters. The van der Waals surface area contributed by atoms with E-state index in [1.165, 1.54) is 6.07 Å². The molecule has 1 amide bonds. The fourth-order valence-electron chi connectivity index (χ4n) is 3.11. The normalized spacial score (nSPS) is 18.4. The number of nitrogens with one attached hydrogen (secondary N) is 3. The minimum absolute atomic E-state index is 0.0322. The van der Waals surface area contributed by atoms with Gasteiger partial charge in [-0.1, -0.05) is 11.6 Å². The molecule has 0 bridgehead atoms. The molecular formula is C18H18ClN7O2. The summed E-state index contributed by atoms with van der Waals surface area (Å²) in [6, 6.07) is 3.25. The number of rotatable bonds is 5. The van der Waals surface area contributed by atoms with E-state index in [1.807, 2.05) is 0 Å². The van der Waals surface area contributed by atoms with Crippen LogP contribution in [0.1, 0.15) is 12.8 Å². The lowest BCUT2D eigenvalue weighted by Crippen LogP contribution is -2.43. The van der Waals surface area contributed by atoms with E-state index < -0.39 is 0 Å². The molecule has 0 saturated heterocycles. The van der Waals surface area contributed by atoms with E-state index in [0.29, 0.717) is 22.4 Å². The molecule has 1 aliphatic rings. The summed E-state index contributed by atoms with van der Waals surface area (Å²) in [5.74, 6) is 0.548. The van der Waals surface area contributed by atoms with Crippen molar-refractivity contribution in [1.29, 1.82) is 0 Å². The van der Waals surface area contributed by atoms with Crippen LogP contribution in [-0.4, -0.2) is 43.7 Å². The fourth-order valence-corrected chi connectivity index (χ4v) is 3.31. The van der Waals surface area contributed by atoms with Crippen LogP contribution in [0.5, 0.6) is 0 Å². The average molecular weight is 400 g/mol. The van der Waals surface area contributed by atoms with Gasteiger partial charge in [0.2, 0.25) is 17.4 Å². The summed E-state index contributed by atoms with van der Waals surface area (Å²) in [7, 11) is 1.64. The molecule has 4 rings (SSSR count). The molecule has 144 valence electrons. The number of hydrogen-bond donors (Lipinski definition) is 3. The van der Waals surface area contributed by atoms with Crippen LogP contribution < -0.4 is 16.2 Å². The van der Waals surface area contributed by atoms with Crippen molar-refractivity contribution >= 4 is 23.5 Å². The predicted octanol–water partition coefficient (Wildman–Crippen LogP) is 1.61. The summed E-state index contributed by atoms with van der Waals surface area (Å²) < 4.78 is 1.62. The second kappa shape index (κ2) is 7.43. The highest BCUT2D eigenvalue weighted by Crippen LogP contribution is 2.31. The quantitative estimate of drug-likeness (QED) is 0.600. The first kappa shape index (κ1) is 18.2. The third-order valence-corrected chi connectivity index (χ3v) is 5.00. The molecule has 0 radical (unpaired) electrons. The Morgan fingerprint density at radius 3 is 2.86 bits per heavy atom. The Morgan fingerprint density at radius 1 is 1.32 bits per heavy atom. The zero-order valence-electron chi connectivity index (χ0n) is 15.0. The van der Waals surface area contributed by atoms with Gasteiger partial charge in [-0.3, -0.25) is 9.59 Å². The maximum atomic E-state index is 11.6. The van der Waals surface area contributed by atoms with E-state index >= 15 is 0 Å². The molecule has 10 heteroatoms. The van der Waals surface area contributed by atoms with Gasteiger partial charge in [-0.2, -0.15) is 5.10 Å². The van der Waals surface area contributed by atoms with Crippen LogP contribution in [0.3, 0.4) is 0 Å². The topological polar surface area (TPSA) is 118 Å². The van der Waals surface area contributed by atoms with E-state index in [1.54, 1.807) is 42.6 Å². The molecule has 0 spiro atoms. The van der Waals surface area contributed by atoms with Crippen molar-refractivity contribution in [3.05, 3.63) is 52.3 Å². The second-order valence-electron chi connectivity index (χ2n) is 6.60. The van der Waals surface area contributed by atoms with Crippen LogP contribution in [0.2, 0.25) is 5.02 Å². The number of aromatic amines is 1. The molecule has 9 nitrogen and oxygen atoms in total. The molecule has 3 aromatic rings. The maximum Gasteiger partial charge on any atom is 0.248 e. The predicted molar refractivity (Wildman–Crippen MR) is 104 cm³/mol. The third kappa shape index (κ3) is 3.61. The molecule has 1 fully saturated rings. The SMILES string of the molecule is CNC(=O)C1CC(Nc2ncc(Cl)c(-c3cnn(-c4ccc(=O)[nH]c4)c3)n2)C1. The Bertz CT molecular complexity index is 1050. The molecular weight excluding hydrogens is 382 g/mol. The first-order valence-electron chi connectivity index (χ1n) is 8.78. The first-order valence-corrected chi connectivity index (χ1v) is 9.16. The van der Waals surface area contributed by atoms with Gasteiger partial charge in [0.1, 0.15) is 0 Å². The number of carbonyl (C=O) groups is 1. The number of amides is 1. The highest BCUT2D eigenvalue weighted by Gasteiger charge is 2.34. The van der Waals surface area contributed by atoms with Gasteiger partial charge in [-0.15, -0.1) is 0 Å². The number of carbonyl (C=O) groups excluding carboxylic acids is 1. The highest BCUT2D eigenvalue weighted by molar-refractivity contribution is 6.32. The summed E-state index contributed by atoms with van der Waals surface area (Å²) in [5.41, 5.74) is 1.81. The van der Waals surface area contributed by atoms with E-state index in [0.717, 1.165) is 18.4 Å². The molecule has 0 aliphatic heterocycles. The zero-order chi connectivity index (χ0) is 19.7. The number of hydrogen-bond acceptors (Lipinski definition) is 6. The molecule has 1 aliphatic carbocycles. The number of aromatic nitrogens is 5. The smallest absolute Gasteiger partial charge is 0.248 e. The van der Waals surface area contributed by atoms with Crippen LogP contribution in [0.4, 0.5) is 5.95 Å². The monoisotopic (exact) mass is 399 g/mol. The lowest BCUT2D eigenvalue weighted by atomic mass is 9.80. The fraction of sp³-hybridized carbons (Fsp3) is 0.278. The van der Waals surface area contributed by atoms with Gasteiger partial charge in [-0.05, 0) is 18.9 Å². The number of H-pyrrole nitrogens is 1. The summed E-state index contributed by atoms with van der Waals surface area (Å²) in [5, 5.41) is 10.6. The standard InChI is InChI=1S/C18H18ClN7O2/c1-20-17(28)10-4-12(5-10)24-18-22-8-14(19)16(25-18)11-6-23-26(9-11)13-2-3-15(27)21-7-13/h2-3,6-10,12H,4-5H2,1H3,(H,20,28)(H,21,27)(H,22,24,25). The largest absolute Gasteiger partial charge is 0.359 e.